The lowest BCUT2D eigenvalue weighted by atomic mass is 9.86. The number of amides is 1. The lowest BCUT2D eigenvalue weighted by Crippen LogP contribution is -2.39. The van der Waals surface area contributed by atoms with Crippen LogP contribution in [0.3, 0.4) is 0 Å². The smallest absolute Gasteiger partial charge is 0.312 e. The molecule has 0 bridgehead atoms. The minimum absolute atomic E-state index is 0.0306. The number of carbonyl (C=O) groups is 2. The SMILES string of the molecule is CC(C(=O)N1CC(C(=O)O)c2ccccc21)C1CCOCC1. The molecular formula is C17H21NO4. The molecular weight excluding hydrogens is 282 g/mol. The number of fused-ring (bicyclic) bond motifs is 1. The Hall–Kier alpha value is -1.88. The number of carbonyl (C=O) groups excluding carboxylic acids is 1. The molecule has 0 radical (unpaired) electrons. The molecule has 2 unspecified atom stereocenters. The summed E-state index contributed by atoms with van der Waals surface area (Å²) in [6, 6.07) is 7.32. The van der Waals surface area contributed by atoms with Crippen LogP contribution in [0, 0.1) is 11.8 Å². The highest BCUT2D eigenvalue weighted by atomic mass is 16.5. The maximum Gasteiger partial charge on any atom is 0.312 e. The summed E-state index contributed by atoms with van der Waals surface area (Å²) in [5.74, 6) is -1.26. The molecule has 0 aromatic heterocycles. The molecule has 3 rings (SSSR count). The van der Waals surface area contributed by atoms with E-state index < -0.39 is 11.9 Å². The molecule has 1 saturated heterocycles. The summed E-state index contributed by atoms with van der Waals surface area (Å²) in [6.07, 6.45) is 1.79. The molecule has 1 fully saturated rings. The molecule has 2 atom stereocenters. The van der Waals surface area contributed by atoms with E-state index in [-0.39, 0.29) is 18.4 Å². The van der Waals surface area contributed by atoms with Gasteiger partial charge in [-0.1, -0.05) is 25.1 Å². The second kappa shape index (κ2) is 6.08. The fourth-order valence-electron chi connectivity index (χ4n) is 3.49. The molecule has 0 spiro atoms. The van der Waals surface area contributed by atoms with Gasteiger partial charge >= 0.3 is 5.97 Å². The second-order valence-corrected chi connectivity index (χ2v) is 6.14. The van der Waals surface area contributed by atoms with E-state index in [2.05, 4.69) is 0 Å². The Kier molecular flexibility index (Phi) is 4.16. The Bertz CT molecular complexity index is 580. The minimum atomic E-state index is -0.874. The van der Waals surface area contributed by atoms with Gasteiger partial charge in [0.15, 0.2) is 0 Å². The van der Waals surface area contributed by atoms with Gasteiger partial charge in [0.05, 0.1) is 0 Å². The molecule has 2 aliphatic rings. The van der Waals surface area contributed by atoms with Crippen molar-refractivity contribution in [2.24, 2.45) is 11.8 Å². The fourth-order valence-corrected chi connectivity index (χ4v) is 3.49. The highest BCUT2D eigenvalue weighted by Gasteiger charge is 2.39. The average Bonchev–Trinajstić information content (AvgIpc) is 2.94. The van der Waals surface area contributed by atoms with Crippen molar-refractivity contribution in [1.82, 2.24) is 0 Å². The molecule has 1 aromatic carbocycles. The monoisotopic (exact) mass is 303 g/mol. The van der Waals surface area contributed by atoms with Gasteiger partial charge in [-0.05, 0) is 30.4 Å². The van der Waals surface area contributed by atoms with E-state index >= 15 is 0 Å². The van der Waals surface area contributed by atoms with Gasteiger partial charge in [0.1, 0.15) is 5.92 Å². The number of benzene rings is 1. The summed E-state index contributed by atoms with van der Waals surface area (Å²) in [5, 5.41) is 9.39. The third kappa shape index (κ3) is 2.61. The molecule has 1 N–H and O–H groups in total. The van der Waals surface area contributed by atoms with Gasteiger partial charge in [-0.3, -0.25) is 9.59 Å². The van der Waals surface area contributed by atoms with E-state index in [1.54, 1.807) is 11.0 Å². The van der Waals surface area contributed by atoms with Crippen molar-refractivity contribution in [3.8, 4) is 0 Å². The van der Waals surface area contributed by atoms with E-state index in [1.165, 1.54) is 0 Å². The Morgan fingerprint density at radius 3 is 2.64 bits per heavy atom. The van der Waals surface area contributed by atoms with E-state index in [0.717, 1.165) is 24.1 Å². The lowest BCUT2D eigenvalue weighted by Gasteiger charge is -2.30. The molecule has 2 aliphatic heterocycles. The maximum atomic E-state index is 12.9. The molecule has 5 nitrogen and oxygen atoms in total. The molecule has 5 heteroatoms. The zero-order valence-electron chi connectivity index (χ0n) is 12.7. The molecule has 1 aromatic rings. The highest BCUT2D eigenvalue weighted by molar-refractivity contribution is 6.00. The molecule has 1 amide bonds. The van der Waals surface area contributed by atoms with E-state index in [1.807, 2.05) is 25.1 Å². The molecule has 0 saturated carbocycles. The first-order valence-electron chi connectivity index (χ1n) is 7.80. The van der Waals surface area contributed by atoms with Crippen molar-refractivity contribution >= 4 is 17.6 Å². The van der Waals surface area contributed by atoms with E-state index in [0.29, 0.717) is 19.1 Å². The van der Waals surface area contributed by atoms with E-state index in [4.69, 9.17) is 4.74 Å². The van der Waals surface area contributed by atoms with Crippen LogP contribution in [0.4, 0.5) is 5.69 Å². The number of nitrogens with zero attached hydrogens (tertiary/aromatic N) is 1. The van der Waals surface area contributed by atoms with Crippen molar-refractivity contribution in [3.63, 3.8) is 0 Å². The van der Waals surface area contributed by atoms with Crippen LogP contribution >= 0.6 is 0 Å². The van der Waals surface area contributed by atoms with Crippen LogP contribution in [-0.2, 0) is 14.3 Å². The largest absolute Gasteiger partial charge is 0.481 e. The summed E-state index contributed by atoms with van der Waals surface area (Å²) >= 11 is 0. The first-order chi connectivity index (χ1) is 10.6. The van der Waals surface area contributed by atoms with Gasteiger partial charge < -0.3 is 14.7 Å². The van der Waals surface area contributed by atoms with Crippen molar-refractivity contribution in [2.45, 2.75) is 25.7 Å². The number of ether oxygens (including phenoxy) is 1. The molecule has 118 valence electrons. The normalized spacial score (nSPS) is 23.1. The van der Waals surface area contributed by atoms with Gasteiger partial charge in [0.25, 0.3) is 0 Å². The first-order valence-corrected chi connectivity index (χ1v) is 7.80. The summed E-state index contributed by atoms with van der Waals surface area (Å²) in [5.41, 5.74) is 1.49. The quantitative estimate of drug-likeness (QED) is 0.930. The van der Waals surface area contributed by atoms with E-state index in [9.17, 15) is 14.7 Å². The maximum absolute atomic E-state index is 12.9. The zero-order valence-corrected chi connectivity index (χ0v) is 12.7. The van der Waals surface area contributed by atoms with Gasteiger partial charge in [-0.25, -0.2) is 0 Å². The Morgan fingerprint density at radius 1 is 1.27 bits per heavy atom. The van der Waals surface area contributed by atoms with Gasteiger partial charge in [-0.2, -0.15) is 0 Å². The number of para-hydroxylation sites is 1. The number of aliphatic carboxylic acids is 1. The molecule has 2 heterocycles. The van der Waals surface area contributed by atoms with Crippen LogP contribution in [0.15, 0.2) is 24.3 Å². The second-order valence-electron chi connectivity index (χ2n) is 6.14. The number of carboxylic acids is 1. The number of carboxylic acid groups (broad SMARTS) is 1. The van der Waals surface area contributed by atoms with Crippen LogP contribution in [0.1, 0.15) is 31.2 Å². The number of hydrogen-bond donors (Lipinski definition) is 1. The number of rotatable bonds is 3. The van der Waals surface area contributed by atoms with Crippen LogP contribution in [0.25, 0.3) is 0 Å². The average molecular weight is 303 g/mol. The molecule has 0 aliphatic carbocycles. The highest BCUT2D eigenvalue weighted by Crippen LogP contribution is 2.38. The van der Waals surface area contributed by atoms with Crippen molar-refractivity contribution in [2.75, 3.05) is 24.7 Å². The molecule has 22 heavy (non-hydrogen) atoms. The number of anilines is 1. The Labute approximate surface area is 129 Å². The van der Waals surface area contributed by atoms with Crippen molar-refractivity contribution in [3.05, 3.63) is 29.8 Å². The van der Waals surface area contributed by atoms with Crippen LogP contribution in [0.5, 0.6) is 0 Å². The third-order valence-corrected chi connectivity index (χ3v) is 4.89. The zero-order chi connectivity index (χ0) is 15.7. The van der Waals surface area contributed by atoms with Crippen LogP contribution in [0.2, 0.25) is 0 Å². The standard InChI is InChI=1S/C17H21NO4/c1-11(12-6-8-22-9-7-12)16(19)18-10-14(17(20)21)13-4-2-3-5-15(13)18/h2-5,11-12,14H,6-10H2,1H3,(H,20,21). The van der Waals surface area contributed by atoms with Gasteiger partial charge in [0.2, 0.25) is 5.91 Å². The predicted molar refractivity (Wildman–Crippen MR) is 81.9 cm³/mol. The first kappa shape index (κ1) is 15.0. The van der Waals surface area contributed by atoms with Crippen molar-refractivity contribution in [1.29, 1.82) is 0 Å². The fraction of sp³-hybridized carbons (Fsp3) is 0.529. The van der Waals surface area contributed by atoms with Crippen LogP contribution < -0.4 is 4.90 Å². The van der Waals surface area contributed by atoms with Crippen molar-refractivity contribution < 1.29 is 19.4 Å². The summed E-state index contributed by atoms with van der Waals surface area (Å²) < 4.78 is 5.36. The summed E-state index contributed by atoms with van der Waals surface area (Å²) in [7, 11) is 0. The minimum Gasteiger partial charge on any atom is -0.481 e. The number of hydrogen-bond acceptors (Lipinski definition) is 3. The van der Waals surface area contributed by atoms with Crippen LogP contribution in [-0.4, -0.2) is 36.7 Å². The topological polar surface area (TPSA) is 66.8 Å². The predicted octanol–water partition coefficient (Wildman–Crippen LogP) is 2.26. The lowest BCUT2D eigenvalue weighted by molar-refractivity contribution is -0.138. The Balaban J connectivity index is 1.82. The van der Waals surface area contributed by atoms with Gasteiger partial charge in [-0.15, -0.1) is 0 Å². The summed E-state index contributed by atoms with van der Waals surface area (Å²) in [4.78, 5) is 26.0. The third-order valence-electron chi connectivity index (χ3n) is 4.89. The van der Waals surface area contributed by atoms with Gasteiger partial charge in [0, 0.05) is 31.4 Å². The summed E-state index contributed by atoms with van der Waals surface area (Å²) in [6.45, 7) is 3.60. The Morgan fingerprint density at radius 2 is 1.95 bits per heavy atom.